The number of nitrogens with one attached hydrogen (secondary N) is 2. The summed E-state index contributed by atoms with van der Waals surface area (Å²) in [6, 6.07) is 2.22. The maximum atomic E-state index is 13.4. The van der Waals surface area contributed by atoms with Crippen molar-refractivity contribution in [3.63, 3.8) is 0 Å². The summed E-state index contributed by atoms with van der Waals surface area (Å²) in [5.41, 5.74) is 5.48. The van der Waals surface area contributed by atoms with E-state index in [1.165, 1.54) is 6.07 Å². The van der Waals surface area contributed by atoms with Gasteiger partial charge in [0, 0.05) is 12.2 Å². The first-order chi connectivity index (χ1) is 8.86. The summed E-state index contributed by atoms with van der Waals surface area (Å²) in [4.78, 5) is 10.7. The zero-order chi connectivity index (χ0) is 14.5. The van der Waals surface area contributed by atoms with Crippen LogP contribution in [0, 0.1) is 5.82 Å². The molecular formula is C11H16FN3O3S. The lowest BCUT2D eigenvalue weighted by Crippen LogP contribution is -2.40. The van der Waals surface area contributed by atoms with Gasteiger partial charge in [-0.1, -0.05) is 13.3 Å². The zero-order valence-corrected chi connectivity index (χ0v) is 11.3. The van der Waals surface area contributed by atoms with Gasteiger partial charge < -0.3 is 11.1 Å². The van der Waals surface area contributed by atoms with Crippen molar-refractivity contribution in [3.05, 3.63) is 24.0 Å². The molecule has 4 N–H and O–H groups in total. The summed E-state index contributed by atoms with van der Waals surface area (Å²) in [6.07, 6.45) is 1.58. The number of unbranched alkanes of at least 4 members (excludes halogenated alkanes) is 1. The number of carbonyl (C=O) groups excluding carboxylic acids is 1. The highest BCUT2D eigenvalue weighted by molar-refractivity contribution is 7.90. The molecule has 0 heterocycles. The van der Waals surface area contributed by atoms with E-state index >= 15 is 0 Å². The van der Waals surface area contributed by atoms with Crippen LogP contribution >= 0.6 is 0 Å². The number of sulfonamides is 1. The van der Waals surface area contributed by atoms with Gasteiger partial charge in [-0.05, 0) is 24.6 Å². The van der Waals surface area contributed by atoms with E-state index in [1.54, 1.807) is 4.72 Å². The van der Waals surface area contributed by atoms with E-state index in [0.717, 1.165) is 25.0 Å². The average Bonchev–Trinajstić information content (AvgIpc) is 2.32. The molecule has 0 fully saturated rings. The van der Waals surface area contributed by atoms with E-state index in [0.29, 0.717) is 6.54 Å². The van der Waals surface area contributed by atoms with Crippen LogP contribution in [-0.4, -0.2) is 21.0 Å². The number of hydrogen-bond acceptors (Lipinski definition) is 4. The Bertz CT molecular complexity index is 560. The monoisotopic (exact) mass is 289 g/mol. The maximum absolute atomic E-state index is 13.4. The minimum absolute atomic E-state index is 0.0909. The van der Waals surface area contributed by atoms with Crippen molar-refractivity contribution in [2.45, 2.75) is 24.7 Å². The number of carbonyl (C=O) groups is 1. The molecule has 0 unspecified atom stereocenters. The summed E-state index contributed by atoms with van der Waals surface area (Å²) in [5, 5.41) is 2.36. The number of nitrogens with two attached hydrogens (primary N) is 1. The molecule has 6 nitrogen and oxygen atoms in total. The smallest absolute Gasteiger partial charge is 0.328 e. The maximum Gasteiger partial charge on any atom is 0.328 e. The lowest BCUT2D eigenvalue weighted by atomic mass is 10.3. The molecule has 0 aliphatic rings. The molecule has 106 valence electrons. The van der Waals surface area contributed by atoms with Crippen molar-refractivity contribution in [2.75, 3.05) is 12.3 Å². The van der Waals surface area contributed by atoms with Crippen LogP contribution in [0.5, 0.6) is 0 Å². The molecule has 0 saturated carbocycles. The Morgan fingerprint density at radius 2 is 2.11 bits per heavy atom. The Morgan fingerprint density at radius 1 is 1.42 bits per heavy atom. The summed E-state index contributed by atoms with van der Waals surface area (Å²) in [5.74, 6) is -0.969. The number of amides is 2. The van der Waals surface area contributed by atoms with Crippen molar-refractivity contribution >= 4 is 21.7 Å². The van der Waals surface area contributed by atoms with Crippen LogP contribution in [0.15, 0.2) is 23.1 Å². The van der Waals surface area contributed by atoms with Crippen molar-refractivity contribution in [1.29, 1.82) is 0 Å². The van der Waals surface area contributed by atoms with Crippen molar-refractivity contribution in [1.82, 2.24) is 10.0 Å². The molecule has 2 amide bonds. The first-order valence-corrected chi connectivity index (χ1v) is 7.21. The van der Waals surface area contributed by atoms with Gasteiger partial charge in [0.25, 0.3) is 10.0 Å². The van der Waals surface area contributed by atoms with E-state index in [2.05, 4.69) is 5.32 Å². The van der Waals surface area contributed by atoms with Gasteiger partial charge in [0.15, 0.2) is 0 Å². The molecule has 0 bridgehead atoms. The molecule has 19 heavy (non-hydrogen) atoms. The Kier molecular flexibility index (Phi) is 5.11. The molecule has 0 saturated heterocycles. The Labute approximate surface area is 111 Å². The second kappa shape index (κ2) is 6.37. The predicted molar refractivity (Wildman–Crippen MR) is 69.4 cm³/mol. The van der Waals surface area contributed by atoms with Crippen LogP contribution in [0.3, 0.4) is 0 Å². The van der Waals surface area contributed by atoms with Gasteiger partial charge in [0.1, 0.15) is 10.7 Å². The van der Waals surface area contributed by atoms with E-state index in [4.69, 9.17) is 5.73 Å². The number of hydrogen-bond donors (Lipinski definition) is 3. The molecule has 1 rings (SSSR count). The molecular weight excluding hydrogens is 273 g/mol. The van der Waals surface area contributed by atoms with Gasteiger partial charge in [-0.2, -0.15) is 0 Å². The lowest BCUT2D eigenvalue weighted by Gasteiger charge is -2.09. The minimum Gasteiger partial charge on any atom is -0.399 e. The number of anilines is 1. The van der Waals surface area contributed by atoms with Gasteiger partial charge >= 0.3 is 6.03 Å². The second-order valence-electron chi connectivity index (χ2n) is 3.90. The highest BCUT2D eigenvalue weighted by Gasteiger charge is 2.21. The van der Waals surface area contributed by atoms with E-state index in [-0.39, 0.29) is 5.69 Å². The van der Waals surface area contributed by atoms with Gasteiger partial charge in [-0.15, -0.1) is 0 Å². The van der Waals surface area contributed by atoms with Crippen LogP contribution in [0.2, 0.25) is 0 Å². The fourth-order valence-electron chi connectivity index (χ4n) is 1.32. The Morgan fingerprint density at radius 3 is 2.74 bits per heavy atom. The minimum atomic E-state index is -4.27. The van der Waals surface area contributed by atoms with Gasteiger partial charge in [-0.25, -0.2) is 22.3 Å². The van der Waals surface area contributed by atoms with Crippen molar-refractivity contribution in [3.8, 4) is 0 Å². The third-order valence-electron chi connectivity index (χ3n) is 2.29. The fourth-order valence-corrected chi connectivity index (χ4v) is 2.36. The number of halogens is 1. The molecule has 0 radical (unpaired) electrons. The van der Waals surface area contributed by atoms with E-state index in [9.17, 15) is 17.6 Å². The molecule has 0 aromatic heterocycles. The van der Waals surface area contributed by atoms with Crippen LogP contribution in [0.25, 0.3) is 0 Å². The lowest BCUT2D eigenvalue weighted by molar-refractivity contribution is 0.245. The van der Waals surface area contributed by atoms with Crippen LogP contribution in [0.1, 0.15) is 19.8 Å². The molecule has 1 aromatic rings. The highest BCUT2D eigenvalue weighted by Crippen LogP contribution is 2.17. The average molecular weight is 289 g/mol. The summed E-state index contributed by atoms with van der Waals surface area (Å²) in [6.45, 7) is 2.27. The normalized spacial score (nSPS) is 11.1. The summed E-state index contributed by atoms with van der Waals surface area (Å²) in [7, 11) is -4.27. The van der Waals surface area contributed by atoms with E-state index < -0.39 is 26.8 Å². The first kappa shape index (κ1) is 15.2. The molecule has 0 atom stereocenters. The molecule has 0 aliphatic carbocycles. The summed E-state index contributed by atoms with van der Waals surface area (Å²) < 4.78 is 38.7. The Hall–Kier alpha value is -1.83. The summed E-state index contributed by atoms with van der Waals surface area (Å²) >= 11 is 0. The van der Waals surface area contributed by atoms with Crippen molar-refractivity contribution < 1.29 is 17.6 Å². The SMILES string of the molecule is CCCCNC(=O)NS(=O)(=O)c1cc(N)ccc1F. The van der Waals surface area contributed by atoms with Gasteiger partial charge in [0.05, 0.1) is 0 Å². The third kappa shape index (κ3) is 4.40. The van der Waals surface area contributed by atoms with Crippen molar-refractivity contribution in [2.24, 2.45) is 0 Å². The molecule has 1 aromatic carbocycles. The van der Waals surface area contributed by atoms with Gasteiger partial charge in [0.2, 0.25) is 0 Å². The fraction of sp³-hybridized carbons (Fsp3) is 0.364. The third-order valence-corrected chi connectivity index (χ3v) is 3.63. The first-order valence-electron chi connectivity index (χ1n) is 5.72. The molecule has 8 heteroatoms. The number of urea groups is 1. The van der Waals surface area contributed by atoms with Crippen LogP contribution in [-0.2, 0) is 10.0 Å². The zero-order valence-electron chi connectivity index (χ0n) is 10.4. The number of benzene rings is 1. The van der Waals surface area contributed by atoms with Crippen LogP contribution < -0.4 is 15.8 Å². The topological polar surface area (TPSA) is 101 Å². The molecule has 0 spiro atoms. The quantitative estimate of drug-likeness (QED) is 0.560. The Balaban J connectivity index is 2.81. The van der Waals surface area contributed by atoms with E-state index in [1.807, 2.05) is 6.92 Å². The van der Waals surface area contributed by atoms with Gasteiger partial charge in [-0.3, -0.25) is 0 Å². The number of nitrogen functional groups attached to an aromatic ring is 1. The second-order valence-corrected chi connectivity index (χ2v) is 5.56. The standard InChI is InChI=1S/C11H16FN3O3S/c1-2-3-6-14-11(16)15-19(17,18)10-7-8(13)4-5-9(10)12/h4-5,7H,2-3,6,13H2,1H3,(H2,14,15,16). The largest absolute Gasteiger partial charge is 0.399 e. The highest BCUT2D eigenvalue weighted by atomic mass is 32.2. The predicted octanol–water partition coefficient (Wildman–Crippen LogP) is 1.20. The van der Waals surface area contributed by atoms with Crippen LogP contribution in [0.4, 0.5) is 14.9 Å². The molecule has 0 aliphatic heterocycles. The number of rotatable bonds is 5.